The molecule has 0 aliphatic heterocycles. The predicted molar refractivity (Wildman–Crippen MR) is 90.9 cm³/mol. The van der Waals surface area contributed by atoms with Crippen LogP contribution >= 0.6 is 38.9 Å². The summed E-state index contributed by atoms with van der Waals surface area (Å²) in [6.45, 7) is 1.01. The number of aryl methyl sites for hydroxylation is 1. The fourth-order valence-corrected chi connectivity index (χ4v) is 4.72. The Labute approximate surface area is 137 Å². The molecule has 0 radical (unpaired) electrons. The van der Waals surface area contributed by atoms with Crippen LogP contribution in [-0.2, 0) is 12.8 Å². The van der Waals surface area contributed by atoms with Crippen LogP contribution in [0.2, 0.25) is 5.02 Å². The molecule has 106 valence electrons. The summed E-state index contributed by atoms with van der Waals surface area (Å²) in [7, 11) is 0. The Bertz CT molecular complexity index is 579. The smallest absolute Gasteiger partial charge is 0.0704 e. The number of fused-ring (bicyclic) bond motifs is 1. The van der Waals surface area contributed by atoms with Gasteiger partial charge in [0, 0.05) is 15.9 Å². The van der Waals surface area contributed by atoms with E-state index in [1.807, 2.05) is 23.5 Å². The molecule has 1 nitrogen and oxygen atoms in total. The number of thiophene rings is 1. The van der Waals surface area contributed by atoms with Crippen LogP contribution in [0.4, 0.5) is 0 Å². The van der Waals surface area contributed by atoms with Crippen LogP contribution < -0.4 is 5.32 Å². The van der Waals surface area contributed by atoms with Gasteiger partial charge in [0.2, 0.25) is 0 Å². The van der Waals surface area contributed by atoms with Crippen LogP contribution in [0.5, 0.6) is 0 Å². The maximum absolute atomic E-state index is 5.91. The third-order valence-electron chi connectivity index (χ3n) is 3.80. The molecule has 1 heterocycles. The Morgan fingerprint density at radius 3 is 2.90 bits per heavy atom. The standard InChI is InChI=1S/C16H17BrClNS/c17-16-10-13-14(2-1-3-15(13)20-16)19-9-8-11-4-6-12(18)7-5-11/h4-7,10,14,19H,1-3,8-9H2. The van der Waals surface area contributed by atoms with Crippen LogP contribution in [0.1, 0.15) is 34.9 Å². The lowest BCUT2D eigenvalue weighted by molar-refractivity contribution is 0.467. The topological polar surface area (TPSA) is 12.0 Å². The van der Waals surface area contributed by atoms with E-state index in [2.05, 4.69) is 39.4 Å². The van der Waals surface area contributed by atoms with Crippen LogP contribution in [0, 0.1) is 0 Å². The van der Waals surface area contributed by atoms with Crippen molar-refractivity contribution in [2.75, 3.05) is 6.54 Å². The number of hydrogen-bond acceptors (Lipinski definition) is 2. The SMILES string of the molecule is Clc1ccc(CCNC2CCCc3sc(Br)cc32)cc1. The van der Waals surface area contributed by atoms with Gasteiger partial charge in [-0.3, -0.25) is 0 Å². The number of halogens is 2. The molecule has 1 N–H and O–H groups in total. The maximum atomic E-state index is 5.91. The van der Waals surface area contributed by atoms with Crippen molar-refractivity contribution in [2.24, 2.45) is 0 Å². The van der Waals surface area contributed by atoms with E-state index in [4.69, 9.17) is 11.6 Å². The second-order valence-electron chi connectivity index (χ2n) is 5.20. The van der Waals surface area contributed by atoms with Crippen molar-refractivity contribution in [3.63, 3.8) is 0 Å². The van der Waals surface area contributed by atoms with Crippen molar-refractivity contribution in [3.05, 3.63) is 55.1 Å². The fraction of sp³-hybridized carbons (Fsp3) is 0.375. The predicted octanol–water partition coefficient (Wildman–Crippen LogP) is 5.37. The average Bonchev–Trinajstić information content (AvgIpc) is 2.82. The van der Waals surface area contributed by atoms with E-state index >= 15 is 0 Å². The van der Waals surface area contributed by atoms with Crippen molar-refractivity contribution >= 4 is 38.9 Å². The molecular formula is C16H17BrClNS. The minimum absolute atomic E-state index is 0.522. The zero-order valence-corrected chi connectivity index (χ0v) is 14.3. The minimum Gasteiger partial charge on any atom is -0.310 e. The largest absolute Gasteiger partial charge is 0.310 e. The zero-order valence-electron chi connectivity index (χ0n) is 11.2. The normalized spacial score (nSPS) is 18.0. The van der Waals surface area contributed by atoms with E-state index in [0.717, 1.165) is 18.0 Å². The Hall–Kier alpha value is -0.350. The van der Waals surface area contributed by atoms with Gasteiger partial charge in [0.1, 0.15) is 0 Å². The van der Waals surface area contributed by atoms with Gasteiger partial charge in [-0.05, 0) is 77.5 Å². The van der Waals surface area contributed by atoms with Crippen molar-refractivity contribution < 1.29 is 0 Å². The molecule has 0 bridgehead atoms. The monoisotopic (exact) mass is 369 g/mol. The van der Waals surface area contributed by atoms with E-state index in [0.29, 0.717) is 6.04 Å². The second-order valence-corrected chi connectivity index (χ2v) is 8.16. The van der Waals surface area contributed by atoms with Crippen molar-refractivity contribution in [1.29, 1.82) is 0 Å². The highest BCUT2D eigenvalue weighted by Crippen LogP contribution is 2.37. The molecule has 0 fully saturated rings. The fourth-order valence-electron chi connectivity index (χ4n) is 2.78. The van der Waals surface area contributed by atoms with Gasteiger partial charge in [0.05, 0.1) is 3.79 Å². The summed E-state index contributed by atoms with van der Waals surface area (Å²) in [6.07, 6.45) is 4.82. The Morgan fingerprint density at radius 1 is 1.30 bits per heavy atom. The van der Waals surface area contributed by atoms with Crippen LogP contribution in [0.15, 0.2) is 34.1 Å². The lowest BCUT2D eigenvalue weighted by atomic mass is 9.94. The van der Waals surface area contributed by atoms with Crippen LogP contribution in [-0.4, -0.2) is 6.54 Å². The van der Waals surface area contributed by atoms with Crippen LogP contribution in [0.25, 0.3) is 0 Å². The highest BCUT2D eigenvalue weighted by atomic mass is 79.9. The van der Waals surface area contributed by atoms with Crippen molar-refractivity contribution in [3.8, 4) is 0 Å². The summed E-state index contributed by atoms with van der Waals surface area (Å²) >= 11 is 11.4. The molecular weight excluding hydrogens is 354 g/mol. The number of benzene rings is 1. The second kappa shape index (κ2) is 6.61. The van der Waals surface area contributed by atoms with E-state index in [1.54, 1.807) is 4.88 Å². The summed E-state index contributed by atoms with van der Waals surface area (Å²) in [6, 6.07) is 11.0. The summed E-state index contributed by atoms with van der Waals surface area (Å²) in [4.78, 5) is 1.55. The minimum atomic E-state index is 0.522. The summed E-state index contributed by atoms with van der Waals surface area (Å²) in [5, 5.41) is 4.51. The maximum Gasteiger partial charge on any atom is 0.0704 e. The molecule has 1 atom stereocenters. The first-order chi connectivity index (χ1) is 9.72. The molecule has 0 saturated carbocycles. The lowest BCUT2D eigenvalue weighted by Crippen LogP contribution is -2.26. The first-order valence-electron chi connectivity index (χ1n) is 6.98. The third kappa shape index (κ3) is 3.45. The van der Waals surface area contributed by atoms with E-state index in [1.165, 1.54) is 34.2 Å². The van der Waals surface area contributed by atoms with E-state index < -0.39 is 0 Å². The number of nitrogens with one attached hydrogen (secondary N) is 1. The zero-order chi connectivity index (χ0) is 13.9. The number of hydrogen-bond donors (Lipinski definition) is 1. The molecule has 3 rings (SSSR count). The molecule has 1 unspecified atom stereocenters. The third-order valence-corrected chi connectivity index (χ3v) is 5.77. The molecule has 0 saturated heterocycles. The van der Waals surface area contributed by atoms with Gasteiger partial charge >= 0.3 is 0 Å². The molecule has 1 aromatic carbocycles. The van der Waals surface area contributed by atoms with Gasteiger partial charge in [-0.15, -0.1) is 11.3 Å². The lowest BCUT2D eigenvalue weighted by Gasteiger charge is -2.23. The summed E-state index contributed by atoms with van der Waals surface area (Å²) in [5.74, 6) is 0. The van der Waals surface area contributed by atoms with Crippen molar-refractivity contribution in [1.82, 2.24) is 5.32 Å². The molecule has 1 aliphatic carbocycles. The molecule has 2 aromatic rings. The van der Waals surface area contributed by atoms with Gasteiger partial charge in [0.15, 0.2) is 0 Å². The molecule has 0 spiro atoms. The molecule has 1 aliphatic rings. The van der Waals surface area contributed by atoms with Gasteiger partial charge in [-0.2, -0.15) is 0 Å². The van der Waals surface area contributed by atoms with E-state index in [-0.39, 0.29) is 0 Å². The summed E-state index contributed by atoms with van der Waals surface area (Å²) in [5.41, 5.74) is 2.84. The first-order valence-corrected chi connectivity index (χ1v) is 8.97. The van der Waals surface area contributed by atoms with Gasteiger partial charge in [-0.25, -0.2) is 0 Å². The number of rotatable bonds is 4. The van der Waals surface area contributed by atoms with Gasteiger partial charge < -0.3 is 5.32 Å². The Balaban J connectivity index is 1.58. The summed E-state index contributed by atoms with van der Waals surface area (Å²) < 4.78 is 1.26. The van der Waals surface area contributed by atoms with Gasteiger partial charge in [-0.1, -0.05) is 23.7 Å². The quantitative estimate of drug-likeness (QED) is 0.762. The Morgan fingerprint density at radius 2 is 2.10 bits per heavy atom. The van der Waals surface area contributed by atoms with E-state index in [9.17, 15) is 0 Å². The average molecular weight is 371 g/mol. The van der Waals surface area contributed by atoms with Crippen LogP contribution in [0.3, 0.4) is 0 Å². The van der Waals surface area contributed by atoms with Gasteiger partial charge in [0.25, 0.3) is 0 Å². The Kier molecular flexibility index (Phi) is 4.82. The highest BCUT2D eigenvalue weighted by molar-refractivity contribution is 9.11. The molecule has 20 heavy (non-hydrogen) atoms. The first kappa shape index (κ1) is 14.6. The van der Waals surface area contributed by atoms with Crippen molar-refractivity contribution in [2.45, 2.75) is 31.7 Å². The molecule has 4 heteroatoms. The molecule has 1 aromatic heterocycles. The molecule has 0 amide bonds. The highest BCUT2D eigenvalue weighted by Gasteiger charge is 2.21.